The molecular formula is C22H27ClN2O5. The molecule has 0 heterocycles. The minimum absolute atomic E-state index is 0.0118. The number of carboxylic acids is 2. The van der Waals surface area contributed by atoms with Gasteiger partial charge in [0.05, 0.1) is 6.54 Å². The van der Waals surface area contributed by atoms with Gasteiger partial charge in [0.1, 0.15) is 0 Å². The van der Waals surface area contributed by atoms with Gasteiger partial charge in [0, 0.05) is 10.7 Å². The van der Waals surface area contributed by atoms with E-state index < -0.39 is 11.9 Å². The van der Waals surface area contributed by atoms with Gasteiger partial charge in [0.15, 0.2) is 0 Å². The van der Waals surface area contributed by atoms with Crippen LogP contribution in [0.15, 0.2) is 42.5 Å². The van der Waals surface area contributed by atoms with Crippen LogP contribution < -0.4 is 10.6 Å². The maximum Gasteiger partial charge on any atom is 0.414 e. The highest BCUT2D eigenvalue weighted by Crippen LogP contribution is 2.27. The lowest BCUT2D eigenvalue weighted by molar-refractivity contribution is -0.159. The van der Waals surface area contributed by atoms with Crippen molar-refractivity contribution in [3.63, 3.8) is 0 Å². The van der Waals surface area contributed by atoms with E-state index in [1.165, 1.54) is 11.1 Å². The van der Waals surface area contributed by atoms with E-state index in [2.05, 4.69) is 30.5 Å². The van der Waals surface area contributed by atoms with Gasteiger partial charge in [-0.2, -0.15) is 0 Å². The Bertz CT molecular complexity index is 854. The van der Waals surface area contributed by atoms with E-state index >= 15 is 0 Å². The largest absolute Gasteiger partial charge is 0.473 e. The van der Waals surface area contributed by atoms with Gasteiger partial charge < -0.3 is 20.8 Å². The number of hydrogen-bond acceptors (Lipinski definition) is 4. The number of hydrogen-bond donors (Lipinski definition) is 4. The van der Waals surface area contributed by atoms with Crippen molar-refractivity contribution in [2.75, 3.05) is 18.4 Å². The fraction of sp³-hybridized carbons (Fsp3) is 0.318. The molecule has 0 aliphatic heterocycles. The van der Waals surface area contributed by atoms with E-state index in [1.807, 2.05) is 43.3 Å². The van der Waals surface area contributed by atoms with Gasteiger partial charge in [0.25, 0.3) is 0 Å². The average molecular weight is 435 g/mol. The van der Waals surface area contributed by atoms with Crippen LogP contribution in [0.1, 0.15) is 36.5 Å². The molecule has 4 N–H and O–H groups in total. The molecule has 0 saturated heterocycles. The molecule has 0 bridgehead atoms. The van der Waals surface area contributed by atoms with Gasteiger partial charge >= 0.3 is 11.9 Å². The van der Waals surface area contributed by atoms with Crippen molar-refractivity contribution in [3.05, 3.63) is 64.2 Å². The minimum atomic E-state index is -1.82. The van der Waals surface area contributed by atoms with Crippen LogP contribution in [0.5, 0.6) is 0 Å². The van der Waals surface area contributed by atoms with Crippen LogP contribution in [0.3, 0.4) is 0 Å². The number of amides is 1. The Hall–Kier alpha value is -2.90. The molecule has 0 aliphatic carbocycles. The summed E-state index contributed by atoms with van der Waals surface area (Å²) in [4.78, 5) is 30.4. The summed E-state index contributed by atoms with van der Waals surface area (Å²) in [5.41, 5.74) is 4.41. The van der Waals surface area contributed by atoms with E-state index in [1.54, 1.807) is 0 Å². The number of para-hydroxylation sites is 1. The van der Waals surface area contributed by atoms with Crippen molar-refractivity contribution in [2.45, 2.75) is 33.1 Å². The van der Waals surface area contributed by atoms with Crippen LogP contribution in [0.4, 0.5) is 5.69 Å². The monoisotopic (exact) mass is 434 g/mol. The second-order valence-corrected chi connectivity index (χ2v) is 7.34. The van der Waals surface area contributed by atoms with Gasteiger partial charge in [-0.3, -0.25) is 4.79 Å². The number of halogens is 1. The first-order chi connectivity index (χ1) is 14.1. The highest BCUT2D eigenvalue weighted by atomic mass is 35.5. The standard InChI is InChI=1S/C20H25ClN2O.C2H2O4/c1-14(2)18-6-4-5-15(3)20(18)23-19(24)13-22-12-11-16-7-9-17(21)10-8-16;3-1(4)2(5)6/h4-10,14,22H,11-13H2,1-3H3,(H,23,24);(H,3,4)(H,5,6). The number of aryl methyl sites for hydroxylation is 1. The first kappa shape index (κ1) is 25.1. The molecule has 30 heavy (non-hydrogen) atoms. The zero-order chi connectivity index (χ0) is 22.7. The minimum Gasteiger partial charge on any atom is -0.473 e. The molecule has 0 unspecified atom stereocenters. The molecule has 2 rings (SSSR count). The van der Waals surface area contributed by atoms with E-state index in [9.17, 15) is 4.79 Å². The van der Waals surface area contributed by atoms with Crippen molar-refractivity contribution in [3.8, 4) is 0 Å². The highest BCUT2D eigenvalue weighted by molar-refractivity contribution is 6.30. The summed E-state index contributed by atoms with van der Waals surface area (Å²) in [5, 5.41) is 21.8. The molecular weight excluding hydrogens is 408 g/mol. The molecule has 0 saturated carbocycles. The zero-order valence-corrected chi connectivity index (χ0v) is 18.0. The van der Waals surface area contributed by atoms with Crippen molar-refractivity contribution in [1.29, 1.82) is 0 Å². The SMILES string of the molecule is Cc1cccc(C(C)C)c1NC(=O)CNCCc1ccc(Cl)cc1.O=C(O)C(=O)O. The smallest absolute Gasteiger partial charge is 0.414 e. The third kappa shape index (κ3) is 9.07. The molecule has 0 atom stereocenters. The normalized spacial score (nSPS) is 10.2. The molecule has 0 aliphatic rings. The van der Waals surface area contributed by atoms with Crippen molar-refractivity contribution >= 4 is 35.1 Å². The van der Waals surface area contributed by atoms with Gasteiger partial charge in [-0.15, -0.1) is 0 Å². The van der Waals surface area contributed by atoms with Gasteiger partial charge in [0.2, 0.25) is 5.91 Å². The predicted octanol–water partition coefficient (Wildman–Crippen LogP) is 3.70. The number of rotatable bonds is 7. The van der Waals surface area contributed by atoms with E-state index in [-0.39, 0.29) is 5.91 Å². The van der Waals surface area contributed by atoms with Crippen molar-refractivity contribution in [2.24, 2.45) is 0 Å². The average Bonchev–Trinajstić information content (AvgIpc) is 2.68. The number of carbonyl (C=O) groups is 3. The molecule has 0 aromatic heterocycles. The number of carboxylic acid groups (broad SMARTS) is 2. The molecule has 2 aromatic rings. The van der Waals surface area contributed by atoms with E-state index in [0.29, 0.717) is 12.5 Å². The predicted molar refractivity (Wildman–Crippen MR) is 117 cm³/mol. The number of benzene rings is 2. The number of carbonyl (C=O) groups excluding carboxylic acids is 1. The van der Waals surface area contributed by atoms with Crippen LogP contribution in [0.2, 0.25) is 5.02 Å². The van der Waals surface area contributed by atoms with Crippen LogP contribution in [0, 0.1) is 6.92 Å². The molecule has 1 amide bonds. The summed E-state index contributed by atoms with van der Waals surface area (Å²) in [5.74, 6) is -3.29. The number of aliphatic carboxylic acids is 2. The fourth-order valence-electron chi connectivity index (χ4n) is 2.61. The summed E-state index contributed by atoms with van der Waals surface area (Å²) >= 11 is 5.87. The molecule has 2 aromatic carbocycles. The lowest BCUT2D eigenvalue weighted by Crippen LogP contribution is -2.30. The summed E-state index contributed by atoms with van der Waals surface area (Å²) in [7, 11) is 0. The van der Waals surface area contributed by atoms with Gasteiger partial charge in [-0.1, -0.05) is 55.8 Å². The van der Waals surface area contributed by atoms with Crippen LogP contribution in [-0.4, -0.2) is 41.1 Å². The first-order valence-corrected chi connectivity index (χ1v) is 9.80. The van der Waals surface area contributed by atoms with E-state index in [4.69, 9.17) is 31.4 Å². The van der Waals surface area contributed by atoms with Gasteiger partial charge in [-0.25, -0.2) is 9.59 Å². The number of anilines is 1. The Labute approximate surface area is 181 Å². The Morgan fingerprint density at radius 2 is 1.60 bits per heavy atom. The lowest BCUT2D eigenvalue weighted by atomic mass is 9.98. The third-order valence-electron chi connectivity index (χ3n) is 4.16. The molecule has 0 fully saturated rings. The maximum absolute atomic E-state index is 12.2. The van der Waals surface area contributed by atoms with Crippen molar-refractivity contribution < 1.29 is 24.6 Å². The summed E-state index contributed by atoms with van der Waals surface area (Å²) < 4.78 is 0. The summed E-state index contributed by atoms with van der Waals surface area (Å²) in [6.07, 6.45) is 0.867. The Morgan fingerprint density at radius 3 is 2.13 bits per heavy atom. The quantitative estimate of drug-likeness (QED) is 0.390. The van der Waals surface area contributed by atoms with E-state index in [0.717, 1.165) is 29.2 Å². The zero-order valence-electron chi connectivity index (χ0n) is 17.2. The summed E-state index contributed by atoms with van der Waals surface area (Å²) in [6, 6.07) is 13.9. The topological polar surface area (TPSA) is 116 Å². The molecule has 0 spiro atoms. The molecule has 7 nitrogen and oxygen atoms in total. The number of nitrogens with one attached hydrogen (secondary N) is 2. The van der Waals surface area contributed by atoms with Crippen LogP contribution >= 0.6 is 11.6 Å². The maximum atomic E-state index is 12.2. The highest BCUT2D eigenvalue weighted by Gasteiger charge is 2.11. The fourth-order valence-corrected chi connectivity index (χ4v) is 2.74. The molecule has 162 valence electrons. The van der Waals surface area contributed by atoms with Gasteiger partial charge in [-0.05, 0) is 54.6 Å². The summed E-state index contributed by atoms with van der Waals surface area (Å²) in [6.45, 7) is 7.35. The lowest BCUT2D eigenvalue weighted by Gasteiger charge is -2.16. The molecule has 8 heteroatoms. The van der Waals surface area contributed by atoms with Crippen molar-refractivity contribution in [1.82, 2.24) is 5.32 Å². The second-order valence-electron chi connectivity index (χ2n) is 6.91. The second kappa shape index (κ2) is 12.6. The van der Waals surface area contributed by atoms with Crippen LogP contribution in [0.25, 0.3) is 0 Å². The molecule has 0 radical (unpaired) electrons. The Balaban J connectivity index is 0.000000656. The Kier molecular flexibility index (Phi) is 10.6. The first-order valence-electron chi connectivity index (χ1n) is 9.42. The van der Waals surface area contributed by atoms with Crippen LogP contribution in [-0.2, 0) is 20.8 Å². The Morgan fingerprint density at radius 1 is 1.00 bits per heavy atom. The third-order valence-corrected chi connectivity index (χ3v) is 4.42.